The highest BCUT2D eigenvalue weighted by atomic mass is 16.4. The Hall–Kier alpha value is -1.52. The van der Waals surface area contributed by atoms with Crippen molar-refractivity contribution in [3.05, 3.63) is 12.2 Å². The van der Waals surface area contributed by atoms with Gasteiger partial charge in [-0.05, 0) is 13.3 Å². The fraction of sp³-hybridized carbons (Fsp3) is 0.500. The zero-order valence-electron chi connectivity index (χ0n) is 7.83. The minimum absolute atomic E-state index is 0.272. The topological polar surface area (TPSA) is 69.6 Å². The summed E-state index contributed by atoms with van der Waals surface area (Å²) in [6, 6.07) is 0. The molecule has 0 aromatic heterocycles. The van der Waals surface area contributed by atoms with E-state index in [-0.39, 0.29) is 12.1 Å². The number of nitrogens with one attached hydrogen (secondary N) is 1. The van der Waals surface area contributed by atoms with Gasteiger partial charge in [-0.15, -0.1) is 0 Å². The third kappa shape index (κ3) is 4.15. The average Bonchev–Trinajstić information content (AvgIpc) is 2.03. The molecule has 0 spiro atoms. The third-order valence-electron chi connectivity index (χ3n) is 1.30. The van der Waals surface area contributed by atoms with Crippen molar-refractivity contribution in [2.45, 2.75) is 20.3 Å². The number of carbonyl (C=O) groups excluding carboxylic acids is 1. The van der Waals surface area contributed by atoms with Crippen molar-refractivity contribution in [2.75, 3.05) is 6.54 Å². The lowest BCUT2D eigenvalue weighted by atomic mass is 10.3. The minimum Gasteiger partial charge on any atom is -0.464 e. The first-order chi connectivity index (χ1) is 5.99. The molecular weight excluding hydrogens is 172 g/mol. The van der Waals surface area contributed by atoms with E-state index in [1.807, 2.05) is 6.92 Å². The van der Waals surface area contributed by atoms with Crippen LogP contribution in [0.25, 0.3) is 0 Å². The Morgan fingerprint density at radius 2 is 2.08 bits per heavy atom. The van der Waals surface area contributed by atoms with E-state index in [0.717, 1.165) is 5.01 Å². The number of hydrazine groups is 1. The van der Waals surface area contributed by atoms with Crippen molar-refractivity contribution in [1.29, 1.82) is 0 Å². The first-order valence-electron chi connectivity index (χ1n) is 3.96. The van der Waals surface area contributed by atoms with E-state index >= 15 is 0 Å². The predicted molar refractivity (Wildman–Crippen MR) is 48.0 cm³/mol. The summed E-state index contributed by atoms with van der Waals surface area (Å²) in [7, 11) is 0. The van der Waals surface area contributed by atoms with Gasteiger partial charge in [0, 0.05) is 12.1 Å². The van der Waals surface area contributed by atoms with Crippen LogP contribution in [0.15, 0.2) is 12.2 Å². The van der Waals surface area contributed by atoms with E-state index in [0.29, 0.717) is 6.42 Å². The molecule has 0 aliphatic carbocycles. The Morgan fingerprint density at radius 3 is 2.38 bits per heavy atom. The van der Waals surface area contributed by atoms with E-state index in [1.54, 1.807) is 0 Å². The predicted octanol–water partition coefficient (Wildman–Crippen LogP) is 0.984. The average molecular weight is 186 g/mol. The van der Waals surface area contributed by atoms with Crippen LogP contribution in [0, 0.1) is 0 Å². The second kappa shape index (κ2) is 5.18. The summed E-state index contributed by atoms with van der Waals surface area (Å²) >= 11 is 0. The fourth-order valence-corrected chi connectivity index (χ4v) is 0.641. The second-order valence-corrected chi connectivity index (χ2v) is 2.66. The van der Waals surface area contributed by atoms with Gasteiger partial charge in [0.05, 0.1) is 0 Å². The van der Waals surface area contributed by atoms with Gasteiger partial charge in [-0.3, -0.25) is 10.2 Å². The molecule has 0 radical (unpaired) electrons. The number of amides is 2. The molecule has 2 amide bonds. The molecule has 0 saturated heterocycles. The maximum Gasteiger partial charge on any atom is 0.426 e. The molecular formula is C8H14N2O3. The molecule has 0 aromatic rings. The molecule has 0 bridgehead atoms. The fourth-order valence-electron chi connectivity index (χ4n) is 0.641. The van der Waals surface area contributed by atoms with Gasteiger partial charge in [0.15, 0.2) is 0 Å². The van der Waals surface area contributed by atoms with Gasteiger partial charge in [-0.1, -0.05) is 13.5 Å². The molecule has 2 N–H and O–H groups in total. The molecule has 0 heterocycles. The van der Waals surface area contributed by atoms with Crippen LogP contribution in [-0.4, -0.2) is 28.7 Å². The quantitative estimate of drug-likeness (QED) is 0.510. The molecule has 0 unspecified atom stereocenters. The number of rotatable bonds is 3. The summed E-state index contributed by atoms with van der Waals surface area (Å²) in [6.45, 7) is 7.01. The van der Waals surface area contributed by atoms with Crippen LogP contribution >= 0.6 is 0 Å². The lowest BCUT2D eigenvalue weighted by Crippen LogP contribution is -2.46. The van der Waals surface area contributed by atoms with E-state index < -0.39 is 12.0 Å². The standard InChI is InChI=1S/C8H14N2O3/c1-4-5-10(8(12)13)9-7(11)6(2)3/h2,4-5H2,1,3H3,(H,9,11)(H,12,13). The lowest BCUT2D eigenvalue weighted by molar-refractivity contribution is -0.121. The molecule has 0 atom stereocenters. The summed E-state index contributed by atoms with van der Waals surface area (Å²) in [6.07, 6.45) is -0.528. The highest BCUT2D eigenvalue weighted by molar-refractivity contribution is 5.92. The number of carbonyl (C=O) groups is 2. The van der Waals surface area contributed by atoms with Gasteiger partial charge in [0.1, 0.15) is 0 Å². The molecule has 0 aliphatic heterocycles. The number of hydrogen-bond acceptors (Lipinski definition) is 2. The Morgan fingerprint density at radius 1 is 1.54 bits per heavy atom. The Kier molecular flexibility index (Phi) is 4.58. The van der Waals surface area contributed by atoms with Gasteiger partial charge < -0.3 is 5.11 Å². The SMILES string of the molecule is C=C(C)C(=O)NN(CCC)C(=O)O. The van der Waals surface area contributed by atoms with Gasteiger partial charge in [-0.2, -0.15) is 0 Å². The molecule has 0 saturated carbocycles. The Bertz CT molecular complexity index is 225. The van der Waals surface area contributed by atoms with Crippen molar-refractivity contribution in [2.24, 2.45) is 0 Å². The van der Waals surface area contributed by atoms with E-state index in [2.05, 4.69) is 12.0 Å². The Labute approximate surface area is 77.0 Å². The zero-order valence-corrected chi connectivity index (χ0v) is 7.83. The van der Waals surface area contributed by atoms with Crippen LogP contribution in [-0.2, 0) is 4.79 Å². The number of carboxylic acid groups (broad SMARTS) is 1. The molecule has 0 aliphatic rings. The molecule has 5 nitrogen and oxygen atoms in total. The van der Waals surface area contributed by atoms with Crippen LogP contribution in [0.3, 0.4) is 0 Å². The molecule has 0 aromatic carbocycles. The minimum atomic E-state index is -1.17. The number of nitrogens with zero attached hydrogens (tertiary/aromatic N) is 1. The van der Waals surface area contributed by atoms with Gasteiger partial charge in [-0.25, -0.2) is 9.80 Å². The summed E-state index contributed by atoms with van der Waals surface area (Å²) in [5.74, 6) is -0.476. The molecule has 74 valence electrons. The lowest BCUT2D eigenvalue weighted by Gasteiger charge is -2.18. The van der Waals surface area contributed by atoms with E-state index in [9.17, 15) is 9.59 Å². The maximum atomic E-state index is 11.0. The monoisotopic (exact) mass is 186 g/mol. The first kappa shape index (κ1) is 11.5. The van der Waals surface area contributed by atoms with E-state index in [1.165, 1.54) is 6.92 Å². The van der Waals surface area contributed by atoms with Crippen LogP contribution in [0.2, 0.25) is 0 Å². The van der Waals surface area contributed by atoms with Gasteiger partial charge in [0.2, 0.25) is 0 Å². The zero-order chi connectivity index (χ0) is 10.4. The summed E-state index contributed by atoms with van der Waals surface area (Å²) in [4.78, 5) is 21.5. The van der Waals surface area contributed by atoms with Crippen molar-refractivity contribution >= 4 is 12.0 Å². The second-order valence-electron chi connectivity index (χ2n) is 2.66. The van der Waals surface area contributed by atoms with Crippen LogP contribution in [0.4, 0.5) is 4.79 Å². The van der Waals surface area contributed by atoms with E-state index in [4.69, 9.17) is 5.11 Å². The molecule has 13 heavy (non-hydrogen) atoms. The van der Waals surface area contributed by atoms with Crippen LogP contribution in [0.1, 0.15) is 20.3 Å². The maximum absolute atomic E-state index is 11.0. The normalized spacial score (nSPS) is 9.08. The molecule has 0 rings (SSSR count). The van der Waals surface area contributed by atoms with Crippen LogP contribution < -0.4 is 5.43 Å². The molecule has 5 heteroatoms. The van der Waals surface area contributed by atoms with Gasteiger partial charge in [0.25, 0.3) is 5.91 Å². The molecule has 0 fully saturated rings. The smallest absolute Gasteiger partial charge is 0.426 e. The third-order valence-corrected chi connectivity index (χ3v) is 1.30. The van der Waals surface area contributed by atoms with Crippen molar-refractivity contribution in [3.63, 3.8) is 0 Å². The first-order valence-corrected chi connectivity index (χ1v) is 3.96. The Balaban J connectivity index is 4.17. The highest BCUT2D eigenvalue weighted by Gasteiger charge is 2.13. The summed E-state index contributed by atoms with van der Waals surface area (Å²) in [5, 5.41) is 9.46. The summed E-state index contributed by atoms with van der Waals surface area (Å²) in [5.41, 5.74) is 2.49. The largest absolute Gasteiger partial charge is 0.464 e. The van der Waals surface area contributed by atoms with Crippen molar-refractivity contribution in [3.8, 4) is 0 Å². The number of hydrogen-bond donors (Lipinski definition) is 2. The van der Waals surface area contributed by atoms with Crippen molar-refractivity contribution in [1.82, 2.24) is 10.4 Å². The summed E-state index contributed by atoms with van der Waals surface area (Å²) < 4.78 is 0. The highest BCUT2D eigenvalue weighted by Crippen LogP contribution is 1.91. The van der Waals surface area contributed by atoms with Crippen molar-refractivity contribution < 1.29 is 14.7 Å². The van der Waals surface area contributed by atoms with Gasteiger partial charge >= 0.3 is 6.09 Å². The van der Waals surface area contributed by atoms with Crippen LogP contribution in [0.5, 0.6) is 0 Å².